The molecule has 2 rings (SSSR count). The maximum atomic E-state index is 12.3. The quantitative estimate of drug-likeness (QED) is 0.866. The molecule has 0 bridgehead atoms. The first kappa shape index (κ1) is 14.0. The van der Waals surface area contributed by atoms with Crippen LogP contribution in [0.1, 0.15) is 23.1 Å². The first-order chi connectivity index (χ1) is 8.36. The Morgan fingerprint density at radius 3 is 2.83 bits per heavy atom. The van der Waals surface area contributed by atoms with E-state index in [0.717, 1.165) is 9.75 Å². The van der Waals surface area contributed by atoms with E-state index in [1.807, 2.05) is 6.92 Å². The van der Waals surface area contributed by atoms with E-state index in [-0.39, 0.29) is 0 Å². The molecule has 1 saturated heterocycles. The molecule has 2 heterocycles. The molecule has 0 aliphatic carbocycles. The number of sulfonamides is 1. The van der Waals surface area contributed by atoms with Gasteiger partial charge in [0, 0.05) is 22.9 Å². The number of ether oxygens (including phenoxy) is 1. The van der Waals surface area contributed by atoms with E-state index in [2.05, 4.69) is 4.72 Å². The summed E-state index contributed by atoms with van der Waals surface area (Å²) in [5.41, 5.74) is 5.04. The Kier molecular flexibility index (Phi) is 3.80. The van der Waals surface area contributed by atoms with Crippen LogP contribution in [-0.2, 0) is 21.3 Å². The van der Waals surface area contributed by atoms with Crippen molar-refractivity contribution in [1.82, 2.24) is 4.72 Å². The minimum Gasteiger partial charge on any atom is -0.379 e. The van der Waals surface area contributed by atoms with Crippen molar-refractivity contribution in [3.8, 4) is 0 Å². The lowest BCUT2D eigenvalue weighted by Gasteiger charge is -2.23. The lowest BCUT2D eigenvalue weighted by molar-refractivity contribution is 0.178. The molecule has 102 valence electrons. The molecule has 1 fully saturated rings. The fraction of sp³-hybridized carbons (Fsp3) is 0.636. The average Bonchev–Trinajstić information content (AvgIpc) is 2.84. The molecule has 0 aromatic carbocycles. The molecule has 0 saturated carbocycles. The molecule has 1 aliphatic heterocycles. The third-order valence-corrected chi connectivity index (χ3v) is 5.98. The molecule has 18 heavy (non-hydrogen) atoms. The van der Waals surface area contributed by atoms with E-state index < -0.39 is 15.6 Å². The van der Waals surface area contributed by atoms with Gasteiger partial charge in [0.25, 0.3) is 0 Å². The van der Waals surface area contributed by atoms with Crippen LogP contribution in [0.5, 0.6) is 0 Å². The van der Waals surface area contributed by atoms with Crippen LogP contribution in [-0.4, -0.2) is 27.2 Å². The maximum Gasteiger partial charge on any atom is 0.242 e. The Labute approximate surface area is 111 Å². The SMILES string of the molecule is Cc1sc(CN)cc1S(=O)(=O)NC1(C)CCOC1. The van der Waals surface area contributed by atoms with Gasteiger partial charge in [0.2, 0.25) is 10.0 Å². The van der Waals surface area contributed by atoms with E-state index in [9.17, 15) is 8.42 Å². The summed E-state index contributed by atoms with van der Waals surface area (Å²) in [6.07, 6.45) is 0.694. The molecule has 1 atom stereocenters. The highest BCUT2D eigenvalue weighted by atomic mass is 32.2. The zero-order chi connectivity index (χ0) is 13.4. The second-order valence-electron chi connectivity index (χ2n) is 4.81. The fourth-order valence-corrected chi connectivity index (χ4v) is 4.96. The number of nitrogens with one attached hydrogen (secondary N) is 1. The molecule has 0 radical (unpaired) electrons. The number of rotatable bonds is 4. The molecule has 1 aromatic heterocycles. The number of nitrogens with two attached hydrogens (primary N) is 1. The molecule has 3 N–H and O–H groups in total. The minimum atomic E-state index is -3.50. The molecule has 1 unspecified atom stereocenters. The Bertz CT molecular complexity index is 530. The van der Waals surface area contributed by atoms with Crippen LogP contribution in [0, 0.1) is 6.92 Å². The van der Waals surface area contributed by atoms with Crippen molar-refractivity contribution in [2.24, 2.45) is 5.73 Å². The minimum absolute atomic E-state index is 0.334. The first-order valence-corrected chi connectivity index (χ1v) is 8.07. The number of hydrogen-bond acceptors (Lipinski definition) is 5. The Hall–Kier alpha value is -0.470. The van der Waals surface area contributed by atoms with Crippen molar-refractivity contribution in [3.63, 3.8) is 0 Å². The number of hydrogen-bond donors (Lipinski definition) is 2. The van der Waals surface area contributed by atoms with Gasteiger partial charge in [0.1, 0.15) is 0 Å². The summed E-state index contributed by atoms with van der Waals surface area (Å²) in [4.78, 5) is 1.98. The summed E-state index contributed by atoms with van der Waals surface area (Å²) in [6.45, 7) is 5.03. The van der Waals surface area contributed by atoms with Crippen molar-refractivity contribution in [2.75, 3.05) is 13.2 Å². The van der Waals surface area contributed by atoms with Gasteiger partial charge < -0.3 is 10.5 Å². The van der Waals surface area contributed by atoms with E-state index in [0.29, 0.717) is 31.1 Å². The molecule has 1 aromatic rings. The third kappa shape index (κ3) is 2.75. The van der Waals surface area contributed by atoms with E-state index in [1.165, 1.54) is 11.3 Å². The van der Waals surface area contributed by atoms with Gasteiger partial charge in [-0.1, -0.05) is 0 Å². The van der Waals surface area contributed by atoms with Gasteiger partial charge in [-0.25, -0.2) is 13.1 Å². The van der Waals surface area contributed by atoms with Crippen molar-refractivity contribution in [3.05, 3.63) is 15.8 Å². The molecule has 1 aliphatic rings. The molecule has 5 nitrogen and oxygen atoms in total. The Morgan fingerprint density at radius 2 is 2.33 bits per heavy atom. The highest BCUT2D eigenvalue weighted by Crippen LogP contribution is 2.28. The lowest BCUT2D eigenvalue weighted by atomic mass is 10.0. The molecule has 0 spiro atoms. The van der Waals surface area contributed by atoms with Crippen LogP contribution in [0.3, 0.4) is 0 Å². The predicted molar refractivity (Wildman–Crippen MR) is 71.1 cm³/mol. The highest BCUT2D eigenvalue weighted by molar-refractivity contribution is 7.89. The molecular formula is C11H18N2O3S2. The first-order valence-electron chi connectivity index (χ1n) is 5.77. The normalized spacial score (nSPS) is 24.6. The van der Waals surface area contributed by atoms with Gasteiger partial charge in [0.05, 0.1) is 17.0 Å². The van der Waals surface area contributed by atoms with Crippen LogP contribution in [0.15, 0.2) is 11.0 Å². The van der Waals surface area contributed by atoms with Crippen LogP contribution < -0.4 is 10.5 Å². The zero-order valence-electron chi connectivity index (χ0n) is 10.5. The number of thiophene rings is 1. The maximum absolute atomic E-state index is 12.3. The Morgan fingerprint density at radius 1 is 1.61 bits per heavy atom. The van der Waals surface area contributed by atoms with Gasteiger partial charge in [-0.2, -0.15) is 0 Å². The van der Waals surface area contributed by atoms with Crippen LogP contribution >= 0.6 is 11.3 Å². The van der Waals surface area contributed by atoms with Crippen LogP contribution in [0.25, 0.3) is 0 Å². The summed E-state index contributed by atoms with van der Waals surface area (Å²) >= 11 is 1.42. The average molecular weight is 290 g/mol. The summed E-state index contributed by atoms with van der Waals surface area (Å²) in [6, 6.07) is 1.65. The Balaban J connectivity index is 2.27. The summed E-state index contributed by atoms with van der Waals surface area (Å²) in [5, 5.41) is 0. The number of aryl methyl sites for hydroxylation is 1. The van der Waals surface area contributed by atoms with Crippen molar-refractivity contribution >= 4 is 21.4 Å². The highest BCUT2D eigenvalue weighted by Gasteiger charge is 2.35. The van der Waals surface area contributed by atoms with Gasteiger partial charge in [-0.05, 0) is 26.3 Å². The molecular weight excluding hydrogens is 272 g/mol. The summed E-state index contributed by atoms with van der Waals surface area (Å²) in [5.74, 6) is 0. The van der Waals surface area contributed by atoms with Crippen LogP contribution in [0.4, 0.5) is 0 Å². The fourth-order valence-electron chi connectivity index (χ4n) is 2.02. The van der Waals surface area contributed by atoms with Gasteiger partial charge in [-0.15, -0.1) is 11.3 Å². The monoisotopic (exact) mass is 290 g/mol. The van der Waals surface area contributed by atoms with E-state index >= 15 is 0 Å². The standard InChI is InChI=1S/C11H18N2O3S2/c1-8-10(5-9(6-12)17-8)18(14,15)13-11(2)3-4-16-7-11/h5,13H,3-4,6-7,12H2,1-2H3. The van der Waals surface area contributed by atoms with Crippen LogP contribution in [0.2, 0.25) is 0 Å². The van der Waals surface area contributed by atoms with Gasteiger partial charge in [-0.3, -0.25) is 0 Å². The second kappa shape index (κ2) is 4.90. The predicted octanol–water partition coefficient (Wildman–Crippen LogP) is 0.973. The van der Waals surface area contributed by atoms with Gasteiger partial charge in [0.15, 0.2) is 0 Å². The summed E-state index contributed by atoms with van der Waals surface area (Å²) < 4.78 is 32.7. The molecule has 7 heteroatoms. The summed E-state index contributed by atoms with van der Waals surface area (Å²) in [7, 11) is -3.50. The van der Waals surface area contributed by atoms with Gasteiger partial charge >= 0.3 is 0 Å². The van der Waals surface area contributed by atoms with Crippen molar-refractivity contribution in [2.45, 2.75) is 37.2 Å². The van der Waals surface area contributed by atoms with E-state index in [4.69, 9.17) is 10.5 Å². The topological polar surface area (TPSA) is 81.4 Å². The largest absolute Gasteiger partial charge is 0.379 e. The second-order valence-corrected chi connectivity index (χ2v) is 7.80. The lowest BCUT2D eigenvalue weighted by Crippen LogP contribution is -2.46. The molecule has 0 amide bonds. The van der Waals surface area contributed by atoms with Crippen molar-refractivity contribution < 1.29 is 13.2 Å². The zero-order valence-corrected chi connectivity index (χ0v) is 12.2. The third-order valence-electron chi connectivity index (χ3n) is 3.01. The van der Waals surface area contributed by atoms with Crippen molar-refractivity contribution in [1.29, 1.82) is 0 Å². The van der Waals surface area contributed by atoms with E-state index in [1.54, 1.807) is 13.0 Å². The smallest absolute Gasteiger partial charge is 0.242 e.